The smallest absolute Gasteiger partial charge is 0.0997 e. The van der Waals surface area contributed by atoms with Crippen molar-refractivity contribution in [1.29, 1.82) is 0 Å². The third-order valence-electron chi connectivity index (χ3n) is 4.64. The maximum Gasteiger partial charge on any atom is 0.0997 e. The third kappa shape index (κ3) is 2.86. The Hall–Kier alpha value is -1.68. The van der Waals surface area contributed by atoms with Crippen LogP contribution in [-0.2, 0) is 6.54 Å². The number of nitrogens with two attached hydrogens (primary N) is 1. The first-order valence-corrected chi connectivity index (χ1v) is 8.00. The van der Waals surface area contributed by atoms with E-state index in [1.807, 2.05) is 6.07 Å². The molecule has 1 aromatic heterocycles. The molecule has 4 heteroatoms. The lowest BCUT2D eigenvalue weighted by Gasteiger charge is -2.25. The van der Waals surface area contributed by atoms with Gasteiger partial charge in [-0.15, -0.1) is 5.10 Å². The third-order valence-corrected chi connectivity index (χ3v) is 4.64. The number of rotatable bonds is 4. The van der Waals surface area contributed by atoms with Gasteiger partial charge in [0, 0.05) is 12.5 Å². The van der Waals surface area contributed by atoms with E-state index in [9.17, 15) is 0 Å². The molecule has 1 saturated carbocycles. The summed E-state index contributed by atoms with van der Waals surface area (Å²) in [6.45, 7) is 2.67. The molecular formula is C17H24N4. The van der Waals surface area contributed by atoms with Gasteiger partial charge in [-0.3, -0.25) is 0 Å². The summed E-state index contributed by atoms with van der Waals surface area (Å²) in [5.41, 5.74) is 9.41. The van der Waals surface area contributed by atoms with Gasteiger partial charge in [0.15, 0.2) is 0 Å². The predicted molar refractivity (Wildman–Crippen MR) is 84.0 cm³/mol. The summed E-state index contributed by atoms with van der Waals surface area (Å²) in [6.07, 6.45) is 6.44. The van der Waals surface area contributed by atoms with Crippen LogP contribution in [0, 0.1) is 0 Å². The molecule has 4 nitrogen and oxygen atoms in total. The molecule has 0 aliphatic heterocycles. The van der Waals surface area contributed by atoms with Gasteiger partial charge in [0.2, 0.25) is 0 Å². The molecular weight excluding hydrogens is 260 g/mol. The fraction of sp³-hybridized carbons (Fsp3) is 0.529. The normalized spacial score (nSPS) is 17.8. The molecule has 3 rings (SSSR count). The van der Waals surface area contributed by atoms with Crippen molar-refractivity contribution in [3.63, 3.8) is 0 Å². The van der Waals surface area contributed by atoms with Crippen molar-refractivity contribution in [2.75, 3.05) is 0 Å². The Morgan fingerprint density at radius 3 is 2.57 bits per heavy atom. The first-order chi connectivity index (χ1) is 10.3. The Kier molecular flexibility index (Phi) is 4.34. The van der Waals surface area contributed by atoms with Crippen molar-refractivity contribution in [3.05, 3.63) is 47.3 Å². The van der Waals surface area contributed by atoms with Gasteiger partial charge >= 0.3 is 0 Å². The molecule has 2 N–H and O–H groups in total. The Bertz CT molecular complexity index is 570. The molecule has 0 saturated heterocycles. The summed E-state index contributed by atoms with van der Waals surface area (Å²) in [7, 11) is 0. The first kappa shape index (κ1) is 14.3. The summed E-state index contributed by atoms with van der Waals surface area (Å²) >= 11 is 0. The molecule has 1 fully saturated rings. The second-order valence-corrected chi connectivity index (χ2v) is 5.99. The highest BCUT2D eigenvalue weighted by Crippen LogP contribution is 2.35. The van der Waals surface area contributed by atoms with E-state index in [2.05, 4.69) is 46.2 Å². The average Bonchev–Trinajstić information content (AvgIpc) is 2.99. The molecule has 2 aromatic rings. The van der Waals surface area contributed by atoms with Crippen LogP contribution < -0.4 is 5.73 Å². The zero-order chi connectivity index (χ0) is 14.7. The number of benzene rings is 1. The Morgan fingerprint density at radius 1 is 1.19 bits per heavy atom. The summed E-state index contributed by atoms with van der Waals surface area (Å²) in [4.78, 5) is 0. The van der Waals surface area contributed by atoms with Crippen LogP contribution in [0.1, 0.15) is 67.9 Å². The molecule has 21 heavy (non-hydrogen) atoms. The zero-order valence-corrected chi connectivity index (χ0v) is 12.7. The van der Waals surface area contributed by atoms with Crippen LogP contribution in [0.2, 0.25) is 0 Å². The highest BCUT2D eigenvalue weighted by molar-refractivity contribution is 5.23. The average molecular weight is 284 g/mol. The van der Waals surface area contributed by atoms with Gasteiger partial charge in [-0.1, -0.05) is 54.8 Å². The van der Waals surface area contributed by atoms with Crippen molar-refractivity contribution in [3.8, 4) is 0 Å². The van der Waals surface area contributed by atoms with Crippen molar-refractivity contribution in [2.45, 2.75) is 57.5 Å². The number of aromatic nitrogens is 3. The van der Waals surface area contributed by atoms with E-state index in [0.717, 1.165) is 5.69 Å². The molecule has 112 valence electrons. The second-order valence-electron chi connectivity index (χ2n) is 5.99. The fourth-order valence-corrected chi connectivity index (χ4v) is 3.44. The molecule has 1 aromatic carbocycles. The SMILES string of the molecule is CC(c1ccccc1)n1nnc(CN)c1C1CCCCC1. The maximum atomic E-state index is 5.89. The van der Waals surface area contributed by atoms with Crippen LogP contribution in [0.5, 0.6) is 0 Å². The van der Waals surface area contributed by atoms with Gasteiger partial charge in [-0.25, -0.2) is 4.68 Å². The van der Waals surface area contributed by atoms with Crippen molar-refractivity contribution in [2.24, 2.45) is 5.73 Å². The molecule has 0 spiro atoms. The quantitative estimate of drug-likeness (QED) is 0.936. The monoisotopic (exact) mass is 284 g/mol. The van der Waals surface area contributed by atoms with E-state index in [-0.39, 0.29) is 6.04 Å². The topological polar surface area (TPSA) is 56.7 Å². The summed E-state index contributed by atoms with van der Waals surface area (Å²) in [6, 6.07) is 10.7. The van der Waals surface area contributed by atoms with Crippen LogP contribution in [-0.4, -0.2) is 15.0 Å². The fourth-order valence-electron chi connectivity index (χ4n) is 3.44. The summed E-state index contributed by atoms with van der Waals surface area (Å²) < 4.78 is 2.10. The maximum absolute atomic E-state index is 5.89. The highest BCUT2D eigenvalue weighted by atomic mass is 15.4. The number of hydrogen-bond acceptors (Lipinski definition) is 3. The van der Waals surface area contributed by atoms with Gasteiger partial charge < -0.3 is 5.73 Å². The van der Waals surface area contributed by atoms with E-state index in [0.29, 0.717) is 12.5 Å². The van der Waals surface area contributed by atoms with Crippen molar-refractivity contribution < 1.29 is 0 Å². The van der Waals surface area contributed by atoms with Gasteiger partial charge in [0.05, 0.1) is 17.4 Å². The first-order valence-electron chi connectivity index (χ1n) is 8.00. The van der Waals surface area contributed by atoms with Gasteiger partial charge in [0.25, 0.3) is 0 Å². The molecule has 0 amide bonds. The lowest BCUT2D eigenvalue weighted by molar-refractivity contribution is 0.404. The van der Waals surface area contributed by atoms with Crippen molar-refractivity contribution in [1.82, 2.24) is 15.0 Å². The predicted octanol–water partition coefficient (Wildman–Crippen LogP) is 3.39. The van der Waals surface area contributed by atoms with Gasteiger partial charge in [-0.2, -0.15) is 0 Å². The number of hydrogen-bond donors (Lipinski definition) is 1. The largest absolute Gasteiger partial charge is 0.325 e. The second kappa shape index (κ2) is 6.39. The Morgan fingerprint density at radius 2 is 1.90 bits per heavy atom. The van der Waals surface area contributed by atoms with Crippen LogP contribution >= 0.6 is 0 Å². The lowest BCUT2D eigenvalue weighted by atomic mass is 9.85. The molecule has 1 heterocycles. The minimum absolute atomic E-state index is 0.205. The van der Waals surface area contributed by atoms with Crippen LogP contribution in [0.4, 0.5) is 0 Å². The van der Waals surface area contributed by atoms with Crippen molar-refractivity contribution >= 4 is 0 Å². The molecule has 0 bridgehead atoms. The molecule has 1 unspecified atom stereocenters. The minimum Gasteiger partial charge on any atom is -0.325 e. The Balaban J connectivity index is 1.96. The van der Waals surface area contributed by atoms with Crippen LogP contribution in [0.25, 0.3) is 0 Å². The van der Waals surface area contributed by atoms with Gasteiger partial charge in [0.1, 0.15) is 0 Å². The van der Waals surface area contributed by atoms with E-state index in [1.165, 1.54) is 43.4 Å². The number of nitrogens with zero attached hydrogens (tertiary/aromatic N) is 3. The van der Waals surface area contributed by atoms with Crippen LogP contribution in [0.3, 0.4) is 0 Å². The standard InChI is InChI=1S/C17H24N4/c1-13(14-8-4-2-5-9-14)21-17(16(12-18)19-20-21)15-10-6-3-7-11-15/h2,4-5,8-9,13,15H,3,6-7,10-12,18H2,1H3. The zero-order valence-electron chi connectivity index (χ0n) is 12.7. The van der Waals surface area contributed by atoms with E-state index >= 15 is 0 Å². The van der Waals surface area contributed by atoms with E-state index in [4.69, 9.17) is 5.73 Å². The molecule has 1 atom stereocenters. The summed E-state index contributed by atoms with van der Waals surface area (Å²) in [5, 5.41) is 8.77. The Labute approximate surface area is 126 Å². The molecule has 1 aliphatic rings. The van der Waals surface area contributed by atoms with E-state index < -0.39 is 0 Å². The molecule has 0 radical (unpaired) electrons. The van der Waals surface area contributed by atoms with Crippen LogP contribution in [0.15, 0.2) is 30.3 Å². The molecule has 1 aliphatic carbocycles. The van der Waals surface area contributed by atoms with Gasteiger partial charge in [-0.05, 0) is 25.3 Å². The van der Waals surface area contributed by atoms with E-state index in [1.54, 1.807) is 0 Å². The summed E-state index contributed by atoms with van der Waals surface area (Å²) in [5.74, 6) is 0.568. The highest BCUT2D eigenvalue weighted by Gasteiger charge is 2.26. The minimum atomic E-state index is 0.205. The lowest BCUT2D eigenvalue weighted by Crippen LogP contribution is -2.18.